The number of benzene rings is 2. The third-order valence-corrected chi connectivity index (χ3v) is 5.87. The first kappa shape index (κ1) is 21.7. The van der Waals surface area contributed by atoms with Crippen molar-refractivity contribution >= 4 is 33.6 Å². The van der Waals surface area contributed by atoms with E-state index in [9.17, 15) is 9.59 Å². The van der Waals surface area contributed by atoms with Gasteiger partial charge in [0.05, 0.1) is 19.1 Å². The Morgan fingerprint density at radius 3 is 2.67 bits per heavy atom. The molecule has 1 unspecified atom stereocenters. The molecule has 1 aliphatic rings. The number of nitrogens with zero attached hydrogens (tertiary/aromatic N) is 2. The summed E-state index contributed by atoms with van der Waals surface area (Å²) in [6.45, 7) is 1.10. The second-order valence-corrected chi connectivity index (χ2v) is 8.08. The standard InChI is InChI=1S/C23H25BrN4O2/c1-2-13-27(16-17-9-11-18(25)12-10-17)23(30)26-15-22(29)28-14-5-8-21(28)19-6-3-4-7-20(19)24/h1,3-4,6-7,9-12,21H,5,8,13-16,25H2,(H,26,30). The minimum absolute atomic E-state index is 0.0153. The average Bonchev–Trinajstić information content (AvgIpc) is 3.23. The van der Waals surface area contributed by atoms with Gasteiger partial charge in [0, 0.05) is 23.2 Å². The molecular formula is C23H25BrN4O2. The van der Waals surface area contributed by atoms with Crippen molar-refractivity contribution in [2.45, 2.75) is 25.4 Å². The van der Waals surface area contributed by atoms with E-state index in [4.69, 9.17) is 12.2 Å². The quantitative estimate of drug-likeness (QED) is 0.502. The van der Waals surface area contributed by atoms with Crippen molar-refractivity contribution in [1.82, 2.24) is 15.1 Å². The number of likely N-dealkylation sites (tertiary alicyclic amines) is 1. The lowest BCUT2D eigenvalue weighted by Gasteiger charge is -2.27. The lowest BCUT2D eigenvalue weighted by Crippen LogP contribution is -2.45. The number of nitrogen functional groups attached to an aromatic ring is 1. The number of hydrogen-bond donors (Lipinski definition) is 2. The van der Waals surface area contributed by atoms with Crippen LogP contribution in [0, 0.1) is 12.3 Å². The van der Waals surface area contributed by atoms with Gasteiger partial charge in [-0.15, -0.1) is 6.42 Å². The Kier molecular flexibility index (Phi) is 7.36. The smallest absolute Gasteiger partial charge is 0.318 e. The van der Waals surface area contributed by atoms with Gasteiger partial charge in [0.2, 0.25) is 5.91 Å². The third kappa shape index (κ3) is 5.33. The number of carbonyl (C=O) groups is 2. The first-order chi connectivity index (χ1) is 14.5. The van der Waals surface area contributed by atoms with Gasteiger partial charge in [-0.1, -0.05) is 52.2 Å². The normalized spacial score (nSPS) is 15.5. The Morgan fingerprint density at radius 2 is 1.97 bits per heavy atom. The Morgan fingerprint density at radius 1 is 1.23 bits per heavy atom. The van der Waals surface area contributed by atoms with Crippen LogP contribution in [-0.2, 0) is 11.3 Å². The zero-order chi connectivity index (χ0) is 21.5. The summed E-state index contributed by atoms with van der Waals surface area (Å²) in [5, 5.41) is 2.73. The summed E-state index contributed by atoms with van der Waals surface area (Å²) in [6.07, 6.45) is 7.27. The monoisotopic (exact) mass is 468 g/mol. The number of nitrogens with two attached hydrogens (primary N) is 1. The zero-order valence-electron chi connectivity index (χ0n) is 16.7. The highest BCUT2D eigenvalue weighted by atomic mass is 79.9. The van der Waals surface area contributed by atoms with Gasteiger partial charge in [0.1, 0.15) is 0 Å². The summed E-state index contributed by atoms with van der Waals surface area (Å²) in [6, 6.07) is 14.8. The van der Waals surface area contributed by atoms with Gasteiger partial charge in [0.15, 0.2) is 0 Å². The molecule has 0 bridgehead atoms. The van der Waals surface area contributed by atoms with E-state index in [1.54, 1.807) is 12.1 Å². The number of rotatable bonds is 6. The summed E-state index contributed by atoms with van der Waals surface area (Å²) < 4.78 is 0.988. The summed E-state index contributed by atoms with van der Waals surface area (Å²) in [5.41, 5.74) is 8.37. The SMILES string of the molecule is C#CCN(Cc1ccc(N)cc1)C(=O)NCC(=O)N1CCCC1c1ccccc1Br. The van der Waals surface area contributed by atoms with E-state index in [0.29, 0.717) is 18.8 Å². The zero-order valence-corrected chi connectivity index (χ0v) is 18.3. The van der Waals surface area contributed by atoms with Gasteiger partial charge in [-0.2, -0.15) is 0 Å². The van der Waals surface area contributed by atoms with Crippen LogP contribution in [0.3, 0.4) is 0 Å². The lowest BCUT2D eigenvalue weighted by atomic mass is 10.0. The van der Waals surface area contributed by atoms with Crippen molar-refractivity contribution in [2.75, 3.05) is 25.4 Å². The summed E-state index contributed by atoms with van der Waals surface area (Å²) in [4.78, 5) is 28.8. The summed E-state index contributed by atoms with van der Waals surface area (Å²) in [7, 11) is 0. The Labute approximate surface area is 185 Å². The summed E-state index contributed by atoms with van der Waals surface area (Å²) in [5.74, 6) is 2.40. The van der Waals surface area contributed by atoms with Gasteiger partial charge in [-0.25, -0.2) is 4.79 Å². The number of anilines is 1. The molecule has 3 amide bonds. The van der Waals surface area contributed by atoms with Gasteiger partial charge >= 0.3 is 6.03 Å². The van der Waals surface area contributed by atoms with E-state index in [-0.39, 0.29) is 31.1 Å². The number of terminal acetylenes is 1. The molecule has 1 aliphatic heterocycles. The predicted molar refractivity (Wildman–Crippen MR) is 121 cm³/mol. The number of carbonyl (C=O) groups excluding carboxylic acids is 2. The second-order valence-electron chi connectivity index (χ2n) is 7.23. The van der Waals surface area contributed by atoms with E-state index in [1.807, 2.05) is 41.3 Å². The van der Waals surface area contributed by atoms with Gasteiger partial charge < -0.3 is 20.9 Å². The number of nitrogens with one attached hydrogen (secondary N) is 1. The Balaban J connectivity index is 1.60. The highest BCUT2D eigenvalue weighted by Gasteiger charge is 2.31. The molecule has 0 aromatic heterocycles. The fourth-order valence-corrected chi connectivity index (χ4v) is 4.20. The van der Waals surface area contributed by atoms with Crippen molar-refractivity contribution in [3.8, 4) is 12.3 Å². The molecule has 3 N–H and O–H groups in total. The third-order valence-electron chi connectivity index (χ3n) is 5.15. The number of amides is 3. The lowest BCUT2D eigenvalue weighted by molar-refractivity contribution is -0.131. The Hall–Kier alpha value is -2.98. The molecular weight excluding hydrogens is 444 g/mol. The molecule has 0 spiro atoms. The number of urea groups is 1. The molecule has 1 saturated heterocycles. The molecule has 3 rings (SSSR count). The van der Waals surface area contributed by atoms with Crippen LogP contribution >= 0.6 is 15.9 Å². The molecule has 0 radical (unpaired) electrons. The number of halogens is 1. The van der Waals surface area contributed by atoms with Crippen molar-refractivity contribution < 1.29 is 9.59 Å². The van der Waals surface area contributed by atoms with Crippen molar-refractivity contribution in [3.63, 3.8) is 0 Å². The first-order valence-electron chi connectivity index (χ1n) is 9.84. The van der Waals surface area contributed by atoms with Crippen molar-refractivity contribution in [2.24, 2.45) is 0 Å². The minimum atomic E-state index is -0.366. The average molecular weight is 469 g/mol. The molecule has 2 aromatic rings. The highest BCUT2D eigenvalue weighted by molar-refractivity contribution is 9.10. The highest BCUT2D eigenvalue weighted by Crippen LogP contribution is 2.35. The molecule has 30 heavy (non-hydrogen) atoms. The van der Waals surface area contributed by atoms with Crippen LogP contribution in [0.4, 0.5) is 10.5 Å². The van der Waals surface area contributed by atoms with Crippen molar-refractivity contribution in [1.29, 1.82) is 0 Å². The van der Waals surface area contributed by atoms with Crippen LogP contribution in [0.5, 0.6) is 0 Å². The minimum Gasteiger partial charge on any atom is -0.399 e. The van der Waals surface area contributed by atoms with E-state index in [1.165, 1.54) is 4.90 Å². The Bertz CT molecular complexity index is 939. The van der Waals surface area contributed by atoms with E-state index < -0.39 is 0 Å². The molecule has 156 valence electrons. The second kappa shape index (κ2) is 10.2. The van der Waals surface area contributed by atoms with Gasteiger partial charge in [-0.05, 0) is 42.2 Å². The molecule has 0 aliphatic carbocycles. The molecule has 1 heterocycles. The van der Waals surface area contributed by atoms with E-state index in [0.717, 1.165) is 28.4 Å². The van der Waals surface area contributed by atoms with Crippen molar-refractivity contribution in [3.05, 3.63) is 64.1 Å². The largest absolute Gasteiger partial charge is 0.399 e. The van der Waals surface area contributed by atoms with Crippen LogP contribution in [0.1, 0.15) is 30.0 Å². The van der Waals surface area contributed by atoms with Crippen LogP contribution in [-0.4, -0.2) is 41.4 Å². The van der Waals surface area contributed by atoms with E-state index in [2.05, 4.69) is 27.2 Å². The molecule has 1 fully saturated rings. The fourth-order valence-electron chi connectivity index (χ4n) is 3.65. The molecule has 2 aromatic carbocycles. The van der Waals surface area contributed by atoms with Crippen LogP contribution in [0.2, 0.25) is 0 Å². The first-order valence-corrected chi connectivity index (χ1v) is 10.6. The fraction of sp³-hybridized carbons (Fsp3) is 0.304. The van der Waals surface area contributed by atoms with Gasteiger partial charge in [-0.3, -0.25) is 4.79 Å². The maximum atomic E-state index is 12.8. The maximum Gasteiger partial charge on any atom is 0.318 e. The van der Waals surface area contributed by atoms with E-state index >= 15 is 0 Å². The van der Waals surface area contributed by atoms with Crippen LogP contribution in [0.15, 0.2) is 53.0 Å². The van der Waals surface area contributed by atoms with Crippen LogP contribution < -0.4 is 11.1 Å². The molecule has 6 nitrogen and oxygen atoms in total. The van der Waals surface area contributed by atoms with Crippen LogP contribution in [0.25, 0.3) is 0 Å². The predicted octanol–water partition coefficient (Wildman–Crippen LogP) is 3.54. The molecule has 1 atom stereocenters. The maximum absolute atomic E-state index is 12.8. The number of hydrogen-bond acceptors (Lipinski definition) is 3. The van der Waals surface area contributed by atoms with Gasteiger partial charge in [0.25, 0.3) is 0 Å². The topological polar surface area (TPSA) is 78.7 Å². The molecule has 0 saturated carbocycles. The molecule has 7 heteroatoms. The summed E-state index contributed by atoms with van der Waals surface area (Å²) >= 11 is 3.58.